The Hall–Kier alpha value is -0.160. The van der Waals surface area contributed by atoms with Crippen molar-refractivity contribution in [1.82, 2.24) is 0 Å². The van der Waals surface area contributed by atoms with E-state index < -0.39 is 6.10 Å². The van der Waals surface area contributed by atoms with E-state index in [0.717, 1.165) is 0 Å². The fourth-order valence-electron chi connectivity index (χ4n) is 0.969. The first-order valence-corrected chi connectivity index (χ1v) is 4.13. The summed E-state index contributed by atoms with van der Waals surface area (Å²) >= 11 is 0. The van der Waals surface area contributed by atoms with Crippen LogP contribution in [0.4, 0.5) is 0 Å². The number of quaternary nitrogens is 1. The molecule has 0 rings (SSSR count). The number of ether oxygens (including phenoxy) is 1. The van der Waals surface area contributed by atoms with Gasteiger partial charge in [0.2, 0.25) is 0 Å². The van der Waals surface area contributed by atoms with Gasteiger partial charge in [-0.1, -0.05) is 0 Å². The Balaban J connectivity index is 3.40. The molecule has 0 aliphatic rings. The van der Waals surface area contributed by atoms with E-state index in [4.69, 9.17) is 9.84 Å². The zero-order valence-corrected chi connectivity index (χ0v) is 8.16. The van der Waals surface area contributed by atoms with Crippen LogP contribution in [0.25, 0.3) is 0 Å². The van der Waals surface area contributed by atoms with Crippen LogP contribution in [-0.4, -0.2) is 68.3 Å². The number of aliphatic hydroxyl groups excluding tert-OH is 2. The Morgan fingerprint density at radius 3 is 2.33 bits per heavy atom. The summed E-state index contributed by atoms with van der Waals surface area (Å²) in [6.07, 6.45) is -0.448. The van der Waals surface area contributed by atoms with Crippen molar-refractivity contribution in [2.75, 3.05) is 47.5 Å². The van der Waals surface area contributed by atoms with Gasteiger partial charge in [-0.05, 0) is 0 Å². The quantitative estimate of drug-likeness (QED) is 0.408. The maximum Gasteiger partial charge on any atom is 0.126 e. The molecule has 1 unspecified atom stereocenters. The van der Waals surface area contributed by atoms with Crippen molar-refractivity contribution in [1.29, 1.82) is 0 Å². The molecule has 0 spiro atoms. The number of nitrogens with zero attached hydrogens (tertiary/aromatic N) is 1. The number of rotatable bonds is 6. The van der Waals surface area contributed by atoms with Gasteiger partial charge in [0, 0.05) is 0 Å². The van der Waals surface area contributed by atoms with Gasteiger partial charge in [0.1, 0.15) is 12.6 Å². The molecule has 0 aliphatic carbocycles. The molecule has 0 radical (unpaired) electrons. The third-order valence-electron chi connectivity index (χ3n) is 1.30. The van der Waals surface area contributed by atoms with Crippen molar-refractivity contribution in [3.63, 3.8) is 0 Å². The van der Waals surface area contributed by atoms with Crippen LogP contribution in [0.1, 0.15) is 0 Å². The van der Waals surface area contributed by atoms with Crippen LogP contribution >= 0.6 is 0 Å². The van der Waals surface area contributed by atoms with Gasteiger partial charge >= 0.3 is 0 Å². The summed E-state index contributed by atoms with van der Waals surface area (Å²) in [5.74, 6) is 0. The normalized spacial score (nSPS) is 14.8. The summed E-state index contributed by atoms with van der Waals surface area (Å²) in [6.45, 7) is 1.27. The van der Waals surface area contributed by atoms with E-state index in [-0.39, 0.29) is 6.61 Å². The highest BCUT2D eigenvalue weighted by molar-refractivity contribution is 4.50. The first-order valence-electron chi connectivity index (χ1n) is 4.13. The smallest absolute Gasteiger partial charge is 0.126 e. The minimum atomic E-state index is -0.448. The maximum atomic E-state index is 9.39. The second-order valence-corrected chi connectivity index (χ2v) is 3.93. The van der Waals surface area contributed by atoms with Crippen molar-refractivity contribution in [3.8, 4) is 0 Å². The van der Waals surface area contributed by atoms with Crippen LogP contribution in [0.2, 0.25) is 0 Å². The predicted octanol–water partition coefficient (Wildman–Crippen LogP) is -0.938. The molecule has 0 amide bonds. The highest BCUT2D eigenvalue weighted by Crippen LogP contribution is 1.95. The topological polar surface area (TPSA) is 49.7 Å². The molecule has 12 heavy (non-hydrogen) atoms. The van der Waals surface area contributed by atoms with Crippen molar-refractivity contribution < 1.29 is 19.4 Å². The van der Waals surface area contributed by atoms with E-state index >= 15 is 0 Å². The minimum absolute atomic E-state index is 0.0110. The molecule has 74 valence electrons. The van der Waals surface area contributed by atoms with Crippen LogP contribution in [0.15, 0.2) is 0 Å². The molecule has 0 bridgehead atoms. The SMILES string of the molecule is C[N+](C)(C)CC(O)COCCO. The molecule has 0 aliphatic heterocycles. The molecule has 0 aromatic carbocycles. The summed E-state index contributed by atoms with van der Waals surface area (Å²) in [4.78, 5) is 0. The lowest BCUT2D eigenvalue weighted by Gasteiger charge is -2.26. The Morgan fingerprint density at radius 1 is 1.33 bits per heavy atom. The van der Waals surface area contributed by atoms with E-state index in [1.165, 1.54) is 0 Å². The zero-order chi connectivity index (χ0) is 9.61. The van der Waals surface area contributed by atoms with Gasteiger partial charge in [-0.15, -0.1) is 0 Å². The number of likely N-dealkylation sites (N-methyl/N-ethyl adjacent to an activating group) is 1. The van der Waals surface area contributed by atoms with Crippen molar-refractivity contribution in [3.05, 3.63) is 0 Å². The first-order chi connectivity index (χ1) is 5.45. The van der Waals surface area contributed by atoms with E-state index in [1.54, 1.807) is 0 Å². The highest BCUT2D eigenvalue weighted by atomic mass is 16.5. The summed E-state index contributed by atoms with van der Waals surface area (Å²) in [6, 6.07) is 0. The average Bonchev–Trinajstić information content (AvgIpc) is 1.84. The monoisotopic (exact) mass is 178 g/mol. The van der Waals surface area contributed by atoms with Crippen LogP contribution in [0.5, 0.6) is 0 Å². The van der Waals surface area contributed by atoms with E-state index in [2.05, 4.69) is 0 Å². The Labute approximate surface area is 74.0 Å². The third-order valence-corrected chi connectivity index (χ3v) is 1.30. The number of aliphatic hydroxyl groups is 2. The molecule has 4 nitrogen and oxygen atoms in total. The van der Waals surface area contributed by atoms with Crippen LogP contribution in [-0.2, 0) is 4.74 Å². The van der Waals surface area contributed by atoms with Crippen LogP contribution in [0.3, 0.4) is 0 Å². The molecule has 0 aromatic heterocycles. The fourth-order valence-corrected chi connectivity index (χ4v) is 0.969. The molecule has 1 atom stereocenters. The van der Waals surface area contributed by atoms with Gasteiger partial charge in [0.05, 0.1) is 41.0 Å². The summed E-state index contributed by atoms with van der Waals surface area (Å²) in [5, 5.41) is 17.8. The van der Waals surface area contributed by atoms with Gasteiger partial charge in [0.25, 0.3) is 0 Å². The minimum Gasteiger partial charge on any atom is -0.394 e. The van der Waals surface area contributed by atoms with E-state index in [1.807, 2.05) is 21.1 Å². The van der Waals surface area contributed by atoms with Gasteiger partial charge in [0.15, 0.2) is 0 Å². The molecule has 0 saturated carbocycles. The van der Waals surface area contributed by atoms with Crippen molar-refractivity contribution in [2.24, 2.45) is 0 Å². The summed E-state index contributed by atoms with van der Waals surface area (Å²) in [5.41, 5.74) is 0. The number of hydrogen-bond acceptors (Lipinski definition) is 3. The second kappa shape index (κ2) is 5.48. The Kier molecular flexibility index (Phi) is 5.41. The van der Waals surface area contributed by atoms with Crippen molar-refractivity contribution in [2.45, 2.75) is 6.10 Å². The molecular formula is C8H20NO3+. The lowest BCUT2D eigenvalue weighted by Crippen LogP contribution is -2.43. The maximum absolute atomic E-state index is 9.39. The zero-order valence-electron chi connectivity index (χ0n) is 8.16. The lowest BCUT2D eigenvalue weighted by molar-refractivity contribution is -0.873. The second-order valence-electron chi connectivity index (χ2n) is 3.93. The summed E-state index contributed by atoms with van der Waals surface area (Å²) in [7, 11) is 6.03. The predicted molar refractivity (Wildman–Crippen MR) is 46.8 cm³/mol. The molecule has 0 saturated heterocycles. The first kappa shape index (κ1) is 11.8. The summed E-state index contributed by atoms with van der Waals surface area (Å²) < 4.78 is 5.69. The van der Waals surface area contributed by atoms with Crippen LogP contribution in [0, 0.1) is 0 Å². The van der Waals surface area contributed by atoms with Crippen molar-refractivity contribution >= 4 is 0 Å². The lowest BCUT2D eigenvalue weighted by atomic mass is 10.3. The number of hydrogen-bond donors (Lipinski definition) is 2. The Morgan fingerprint density at radius 2 is 1.92 bits per heavy atom. The van der Waals surface area contributed by atoms with Gasteiger partial charge in [-0.3, -0.25) is 0 Å². The molecule has 2 N–H and O–H groups in total. The van der Waals surface area contributed by atoms with Gasteiger partial charge in [-0.2, -0.15) is 0 Å². The standard InChI is InChI=1S/C8H20NO3/c1-9(2,3)6-8(11)7-12-5-4-10/h8,10-11H,4-7H2,1-3H3/q+1. The van der Waals surface area contributed by atoms with Crippen LogP contribution < -0.4 is 0 Å². The van der Waals surface area contributed by atoms with E-state index in [0.29, 0.717) is 24.2 Å². The molecule has 4 heteroatoms. The van der Waals surface area contributed by atoms with E-state index in [9.17, 15) is 5.11 Å². The Bertz CT molecular complexity index is 111. The molecule has 0 heterocycles. The van der Waals surface area contributed by atoms with Gasteiger partial charge in [-0.25, -0.2) is 0 Å². The average molecular weight is 178 g/mol. The molecule has 0 fully saturated rings. The third kappa shape index (κ3) is 7.94. The largest absolute Gasteiger partial charge is 0.394 e. The molecular weight excluding hydrogens is 158 g/mol. The fraction of sp³-hybridized carbons (Fsp3) is 1.00. The molecule has 0 aromatic rings. The van der Waals surface area contributed by atoms with Gasteiger partial charge < -0.3 is 19.4 Å². The highest BCUT2D eigenvalue weighted by Gasteiger charge is 2.14.